The van der Waals surface area contributed by atoms with Crippen LogP contribution in [0.15, 0.2) is 17.6 Å². The number of aromatic carboxylic acids is 1. The molecule has 0 fully saturated rings. The van der Waals surface area contributed by atoms with Crippen molar-refractivity contribution in [2.45, 2.75) is 0 Å². The van der Waals surface area contributed by atoms with Gasteiger partial charge in [-0.3, -0.25) is 0 Å². The molecular weight excluding hydrogens is 202 g/mol. The first kappa shape index (κ1) is 8.76. The zero-order valence-electron chi connectivity index (χ0n) is 7.02. The Morgan fingerprint density at radius 1 is 1.64 bits per heavy atom. The summed E-state index contributed by atoms with van der Waals surface area (Å²) in [6.07, 6.45) is 1.60. The molecule has 14 heavy (non-hydrogen) atoms. The van der Waals surface area contributed by atoms with Crippen molar-refractivity contribution in [1.82, 2.24) is 9.97 Å². The predicted octanol–water partition coefficient (Wildman–Crippen LogP) is 1.42. The molecule has 0 aliphatic heterocycles. The van der Waals surface area contributed by atoms with Crippen LogP contribution in [0.5, 0.6) is 0 Å². The summed E-state index contributed by atoms with van der Waals surface area (Å²) >= 11 is 1.32. The molecule has 0 aliphatic rings. The lowest BCUT2D eigenvalue weighted by Gasteiger charge is -1.86. The Bertz CT molecular complexity index is 474. The Labute approximate surface area is 83.2 Å². The summed E-state index contributed by atoms with van der Waals surface area (Å²) in [5.41, 5.74) is 7.03. The van der Waals surface area contributed by atoms with E-state index in [0.29, 0.717) is 10.8 Å². The van der Waals surface area contributed by atoms with Crippen molar-refractivity contribution in [2.24, 2.45) is 0 Å². The summed E-state index contributed by atoms with van der Waals surface area (Å²) < 4.78 is 0. The van der Waals surface area contributed by atoms with Gasteiger partial charge in [0.25, 0.3) is 0 Å². The molecule has 2 heterocycles. The van der Waals surface area contributed by atoms with Crippen LogP contribution in [-0.2, 0) is 0 Å². The van der Waals surface area contributed by atoms with Gasteiger partial charge in [-0.2, -0.15) is 0 Å². The Hall–Kier alpha value is -1.82. The monoisotopic (exact) mass is 209 g/mol. The van der Waals surface area contributed by atoms with E-state index in [1.807, 2.05) is 0 Å². The number of hydrogen-bond acceptors (Lipinski definition) is 4. The van der Waals surface area contributed by atoms with Crippen LogP contribution in [0, 0.1) is 0 Å². The van der Waals surface area contributed by atoms with Crippen LogP contribution in [0.2, 0.25) is 0 Å². The van der Waals surface area contributed by atoms with E-state index in [-0.39, 0.29) is 5.69 Å². The molecule has 2 aromatic heterocycles. The fourth-order valence-electron chi connectivity index (χ4n) is 1.09. The lowest BCUT2D eigenvalue weighted by Crippen LogP contribution is -1.94. The highest BCUT2D eigenvalue weighted by atomic mass is 32.1. The molecule has 0 aliphatic carbocycles. The summed E-state index contributed by atoms with van der Waals surface area (Å²) in [4.78, 5) is 17.3. The quantitative estimate of drug-likeness (QED) is 0.697. The zero-order valence-corrected chi connectivity index (χ0v) is 7.84. The molecule has 4 N–H and O–H groups in total. The number of hydrogen-bond donors (Lipinski definition) is 3. The molecule has 0 saturated heterocycles. The van der Waals surface area contributed by atoms with Crippen LogP contribution >= 0.6 is 11.3 Å². The molecule has 5 nitrogen and oxygen atoms in total. The molecule has 0 unspecified atom stereocenters. The lowest BCUT2D eigenvalue weighted by atomic mass is 10.2. The average molecular weight is 209 g/mol. The van der Waals surface area contributed by atoms with Gasteiger partial charge in [0, 0.05) is 17.1 Å². The molecule has 0 aromatic carbocycles. The third-order valence-electron chi connectivity index (χ3n) is 1.73. The number of carbonyl (C=O) groups is 1. The van der Waals surface area contributed by atoms with Gasteiger partial charge in [-0.25, -0.2) is 9.78 Å². The highest BCUT2D eigenvalue weighted by Crippen LogP contribution is 2.23. The minimum absolute atomic E-state index is 0.145. The number of anilines is 1. The standard InChI is InChI=1S/C8H7N3O2S/c9-8-11-6(3-14-8)4-1-5(7(12)13)10-2-4/h1-3,10H,(H2,9,11)(H,12,13). The topological polar surface area (TPSA) is 92.0 Å². The third kappa shape index (κ3) is 1.47. The van der Waals surface area contributed by atoms with Crippen molar-refractivity contribution in [3.05, 3.63) is 23.3 Å². The van der Waals surface area contributed by atoms with Gasteiger partial charge in [0.2, 0.25) is 0 Å². The van der Waals surface area contributed by atoms with Gasteiger partial charge in [-0.1, -0.05) is 0 Å². The number of rotatable bonds is 2. The van der Waals surface area contributed by atoms with E-state index >= 15 is 0 Å². The Kier molecular flexibility index (Phi) is 1.97. The molecule has 0 amide bonds. The number of carboxylic acids is 1. The van der Waals surface area contributed by atoms with Gasteiger partial charge < -0.3 is 15.8 Å². The van der Waals surface area contributed by atoms with E-state index in [9.17, 15) is 4.79 Å². The van der Waals surface area contributed by atoms with Crippen LogP contribution in [0.3, 0.4) is 0 Å². The Morgan fingerprint density at radius 3 is 2.93 bits per heavy atom. The number of aromatic nitrogens is 2. The average Bonchev–Trinajstić information content (AvgIpc) is 2.70. The second kappa shape index (κ2) is 3.15. The van der Waals surface area contributed by atoms with E-state index in [4.69, 9.17) is 10.8 Å². The van der Waals surface area contributed by atoms with Gasteiger partial charge in [-0.05, 0) is 6.07 Å². The van der Waals surface area contributed by atoms with Crippen molar-refractivity contribution in [3.63, 3.8) is 0 Å². The first-order valence-corrected chi connectivity index (χ1v) is 4.68. The van der Waals surface area contributed by atoms with Crippen LogP contribution in [0.4, 0.5) is 5.13 Å². The summed E-state index contributed by atoms with van der Waals surface area (Å²) in [5.74, 6) is -0.987. The molecule has 0 saturated carbocycles. The minimum atomic E-state index is -0.987. The maximum Gasteiger partial charge on any atom is 0.352 e. The Balaban J connectivity index is 2.38. The largest absolute Gasteiger partial charge is 0.477 e. The zero-order chi connectivity index (χ0) is 10.1. The SMILES string of the molecule is Nc1nc(-c2c[nH]c(C(=O)O)c2)cs1. The van der Waals surface area contributed by atoms with E-state index in [0.717, 1.165) is 5.56 Å². The van der Waals surface area contributed by atoms with Crippen LogP contribution in [0.1, 0.15) is 10.5 Å². The van der Waals surface area contributed by atoms with Gasteiger partial charge >= 0.3 is 5.97 Å². The maximum atomic E-state index is 10.6. The Morgan fingerprint density at radius 2 is 2.43 bits per heavy atom. The summed E-state index contributed by atoms with van der Waals surface area (Å²) in [6, 6.07) is 1.52. The minimum Gasteiger partial charge on any atom is -0.477 e. The van der Waals surface area contributed by atoms with Crippen molar-refractivity contribution >= 4 is 22.4 Å². The van der Waals surface area contributed by atoms with Crippen LogP contribution in [-0.4, -0.2) is 21.0 Å². The third-order valence-corrected chi connectivity index (χ3v) is 2.41. The van der Waals surface area contributed by atoms with E-state index in [2.05, 4.69) is 9.97 Å². The van der Waals surface area contributed by atoms with E-state index in [1.165, 1.54) is 17.4 Å². The van der Waals surface area contributed by atoms with Crippen molar-refractivity contribution in [3.8, 4) is 11.3 Å². The molecule has 72 valence electrons. The number of nitrogen functional groups attached to an aromatic ring is 1. The van der Waals surface area contributed by atoms with Crippen molar-refractivity contribution < 1.29 is 9.90 Å². The summed E-state index contributed by atoms with van der Waals surface area (Å²) in [6.45, 7) is 0. The normalized spacial score (nSPS) is 10.3. The molecular formula is C8H7N3O2S. The fourth-order valence-corrected chi connectivity index (χ4v) is 1.66. The molecule has 0 radical (unpaired) electrons. The lowest BCUT2D eigenvalue weighted by molar-refractivity contribution is 0.0691. The van der Waals surface area contributed by atoms with Crippen LogP contribution in [0.25, 0.3) is 11.3 Å². The summed E-state index contributed by atoms with van der Waals surface area (Å²) in [7, 11) is 0. The fraction of sp³-hybridized carbons (Fsp3) is 0. The van der Waals surface area contributed by atoms with Crippen LogP contribution < -0.4 is 5.73 Å². The molecule has 0 bridgehead atoms. The van der Waals surface area contributed by atoms with Gasteiger partial charge in [0.1, 0.15) is 5.69 Å². The van der Waals surface area contributed by atoms with E-state index < -0.39 is 5.97 Å². The second-order valence-corrected chi connectivity index (χ2v) is 3.57. The molecule has 0 spiro atoms. The highest BCUT2D eigenvalue weighted by molar-refractivity contribution is 7.13. The van der Waals surface area contributed by atoms with Gasteiger partial charge in [-0.15, -0.1) is 11.3 Å². The molecule has 2 rings (SSSR count). The highest BCUT2D eigenvalue weighted by Gasteiger charge is 2.09. The molecule has 0 atom stereocenters. The van der Waals surface area contributed by atoms with Gasteiger partial charge in [0.15, 0.2) is 5.13 Å². The first-order chi connectivity index (χ1) is 6.66. The number of carboxylic acid groups (broad SMARTS) is 1. The number of H-pyrrole nitrogens is 1. The van der Waals surface area contributed by atoms with Gasteiger partial charge in [0.05, 0.1) is 5.69 Å². The molecule has 6 heteroatoms. The predicted molar refractivity (Wildman–Crippen MR) is 53.3 cm³/mol. The first-order valence-electron chi connectivity index (χ1n) is 3.80. The molecule has 2 aromatic rings. The maximum absolute atomic E-state index is 10.6. The number of nitrogens with zero attached hydrogens (tertiary/aromatic N) is 1. The number of nitrogens with two attached hydrogens (primary N) is 1. The summed E-state index contributed by atoms with van der Waals surface area (Å²) in [5, 5.41) is 10.9. The van der Waals surface area contributed by atoms with E-state index in [1.54, 1.807) is 11.6 Å². The van der Waals surface area contributed by atoms with Crippen molar-refractivity contribution in [2.75, 3.05) is 5.73 Å². The van der Waals surface area contributed by atoms with Crippen molar-refractivity contribution in [1.29, 1.82) is 0 Å². The number of thiazole rings is 1. The number of nitrogens with one attached hydrogen (secondary N) is 1. The second-order valence-electron chi connectivity index (χ2n) is 2.68. The smallest absolute Gasteiger partial charge is 0.352 e. The number of aromatic amines is 1.